The van der Waals surface area contributed by atoms with Crippen molar-refractivity contribution in [3.63, 3.8) is 0 Å². The highest BCUT2D eigenvalue weighted by molar-refractivity contribution is 6.00. The number of rotatable bonds is 2. The smallest absolute Gasteiger partial charge is 0.252 e. The van der Waals surface area contributed by atoms with Crippen molar-refractivity contribution in [1.82, 2.24) is 15.3 Å². The second kappa shape index (κ2) is 8.73. The maximum absolute atomic E-state index is 12.9. The van der Waals surface area contributed by atoms with E-state index in [0.29, 0.717) is 35.9 Å². The van der Waals surface area contributed by atoms with Gasteiger partial charge in [-0.25, -0.2) is 4.98 Å². The van der Waals surface area contributed by atoms with E-state index in [1.54, 1.807) is 36.5 Å². The molecule has 0 saturated carbocycles. The number of aliphatic hydroxyl groups excluding tert-OH is 1. The Balaban J connectivity index is 1.98. The van der Waals surface area contributed by atoms with Gasteiger partial charge in [0.15, 0.2) is 11.6 Å². The van der Waals surface area contributed by atoms with Crippen molar-refractivity contribution in [1.29, 1.82) is 0 Å². The summed E-state index contributed by atoms with van der Waals surface area (Å²) in [7, 11) is 0. The minimum Gasteiger partial charge on any atom is -0.478 e. The maximum Gasteiger partial charge on any atom is 0.252 e. The number of benzene rings is 1. The number of aliphatic hydroxyl groups is 1. The molecule has 2 heterocycles. The van der Waals surface area contributed by atoms with E-state index >= 15 is 0 Å². The zero-order valence-corrected chi connectivity index (χ0v) is 15.2. The lowest BCUT2D eigenvalue weighted by molar-refractivity contribution is -0.126. The lowest BCUT2D eigenvalue weighted by Crippen LogP contribution is -2.46. The Morgan fingerprint density at radius 1 is 1.22 bits per heavy atom. The van der Waals surface area contributed by atoms with E-state index < -0.39 is 12.1 Å². The molecule has 0 spiro atoms. The number of nitrogens with zero attached hydrogens (tertiary/aromatic N) is 2. The molecular formula is C20H23N3O4. The largest absolute Gasteiger partial charge is 0.478 e. The van der Waals surface area contributed by atoms with Gasteiger partial charge in [-0.2, -0.15) is 4.98 Å². The van der Waals surface area contributed by atoms with Gasteiger partial charge in [0, 0.05) is 17.8 Å². The Morgan fingerprint density at radius 2 is 2.00 bits per heavy atom. The van der Waals surface area contributed by atoms with E-state index in [9.17, 15) is 14.7 Å². The molecule has 1 amide bonds. The van der Waals surface area contributed by atoms with Crippen molar-refractivity contribution >= 4 is 11.7 Å². The summed E-state index contributed by atoms with van der Waals surface area (Å²) in [6.07, 6.45) is 3.30. The Morgan fingerprint density at radius 3 is 2.78 bits per heavy atom. The highest BCUT2D eigenvalue weighted by Crippen LogP contribution is 2.23. The predicted molar refractivity (Wildman–Crippen MR) is 99.4 cm³/mol. The van der Waals surface area contributed by atoms with E-state index in [1.165, 1.54) is 6.92 Å². The van der Waals surface area contributed by atoms with Gasteiger partial charge in [-0.15, -0.1) is 0 Å². The summed E-state index contributed by atoms with van der Waals surface area (Å²) in [5.41, 5.74) is 0.945. The molecule has 2 bridgehead atoms. The van der Waals surface area contributed by atoms with Crippen molar-refractivity contribution in [3.05, 3.63) is 42.1 Å². The van der Waals surface area contributed by atoms with Crippen LogP contribution in [0, 0.1) is 0 Å². The average Bonchev–Trinajstić information content (AvgIpc) is 2.68. The van der Waals surface area contributed by atoms with Gasteiger partial charge in [0.1, 0.15) is 6.10 Å². The number of carbonyl (C=O) groups is 2. The second-order valence-corrected chi connectivity index (χ2v) is 6.60. The highest BCUT2D eigenvalue weighted by atomic mass is 16.5. The maximum atomic E-state index is 12.9. The molecule has 1 unspecified atom stereocenters. The summed E-state index contributed by atoms with van der Waals surface area (Å²) in [6.45, 7) is 1.84. The Bertz CT molecular complexity index is 824. The summed E-state index contributed by atoms with van der Waals surface area (Å²) >= 11 is 0. The van der Waals surface area contributed by atoms with Gasteiger partial charge in [0.25, 0.3) is 5.91 Å². The fourth-order valence-electron chi connectivity index (χ4n) is 3.09. The minimum absolute atomic E-state index is 0.367. The van der Waals surface area contributed by atoms with Crippen LogP contribution in [0.1, 0.15) is 43.0 Å². The molecule has 27 heavy (non-hydrogen) atoms. The first-order valence-corrected chi connectivity index (χ1v) is 9.11. The van der Waals surface area contributed by atoms with Crippen LogP contribution in [0.4, 0.5) is 0 Å². The van der Waals surface area contributed by atoms with Crippen LogP contribution in [0.5, 0.6) is 5.88 Å². The SMILES string of the molecule is CC(=O)C(O)[C@@H]1CCCCCOc2ccnc(n2)-c2ccccc2C(=O)N1. The van der Waals surface area contributed by atoms with Crippen LogP contribution in [0.2, 0.25) is 0 Å². The van der Waals surface area contributed by atoms with Gasteiger partial charge in [0.2, 0.25) is 5.88 Å². The van der Waals surface area contributed by atoms with Crippen LogP contribution in [0.15, 0.2) is 36.5 Å². The lowest BCUT2D eigenvalue weighted by atomic mass is 9.99. The normalized spacial score (nSPS) is 19.0. The molecule has 7 heteroatoms. The fourth-order valence-corrected chi connectivity index (χ4v) is 3.09. The molecule has 2 N–H and O–H groups in total. The fraction of sp³-hybridized carbons (Fsp3) is 0.400. The number of hydrogen-bond donors (Lipinski definition) is 2. The van der Waals surface area contributed by atoms with Gasteiger partial charge >= 0.3 is 0 Å². The molecule has 3 rings (SSSR count). The molecule has 0 fully saturated rings. The van der Waals surface area contributed by atoms with E-state index in [0.717, 1.165) is 19.3 Å². The Kier molecular flexibility index (Phi) is 6.13. The standard InChI is InChI=1S/C20H23N3O4/c1-13(24)18(25)16-9-3-2-6-12-27-17-10-11-21-19(23-17)14-7-4-5-8-15(14)20(26)22-16/h4-5,7-8,10-11,16,18,25H,2-3,6,9,12H2,1H3,(H,22,26)/t16-,18?/m0/s1. The van der Waals surface area contributed by atoms with Gasteiger partial charge in [-0.1, -0.05) is 24.6 Å². The average molecular weight is 369 g/mol. The number of ketones is 1. The predicted octanol–water partition coefficient (Wildman–Crippen LogP) is 2.14. The summed E-state index contributed by atoms with van der Waals surface area (Å²) < 4.78 is 5.69. The number of carbonyl (C=O) groups excluding carboxylic acids is 2. The van der Waals surface area contributed by atoms with Crippen LogP contribution in [0.25, 0.3) is 11.4 Å². The Labute approximate surface area is 157 Å². The van der Waals surface area contributed by atoms with Gasteiger partial charge in [0.05, 0.1) is 18.2 Å². The third-order valence-electron chi connectivity index (χ3n) is 4.57. The van der Waals surface area contributed by atoms with E-state index in [4.69, 9.17) is 4.74 Å². The summed E-state index contributed by atoms with van der Waals surface area (Å²) in [5.74, 6) is 0.119. The first-order chi connectivity index (χ1) is 13.1. The number of Topliss-reactive ketones (excluding diaryl/α,β-unsaturated/α-hetero) is 1. The number of hydrogen-bond acceptors (Lipinski definition) is 6. The second-order valence-electron chi connectivity index (χ2n) is 6.60. The molecule has 0 radical (unpaired) electrons. The summed E-state index contributed by atoms with van der Waals surface area (Å²) in [4.78, 5) is 33.2. The molecule has 7 nitrogen and oxygen atoms in total. The molecule has 0 saturated heterocycles. The van der Waals surface area contributed by atoms with Gasteiger partial charge in [-0.05, 0) is 32.3 Å². The number of aromatic nitrogens is 2. The molecule has 2 atom stereocenters. The van der Waals surface area contributed by atoms with Gasteiger partial charge < -0.3 is 15.2 Å². The Hall–Kier alpha value is -2.80. The first-order valence-electron chi connectivity index (χ1n) is 9.11. The summed E-state index contributed by atoms with van der Waals surface area (Å²) in [5, 5.41) is 13.0. The van der Waals surface area contributed by atoms with E-state index in [2.05, 4.69) is 15.3 Å². The molecule has 142 valence electrons. The van der Waals surface area contributed by atoms with Crippen LogP contribution in [-0.2, 0) is 4.79 Å². The zero-order chi connectivity index (χ0) is 19.2. The molecule has 1 aromatic carbocycles. The monoisotopic (exact) mass is 369 g/mol. The van der Waals surface area contributed by atoms with E-state index in [-0.39, 0.29) is 11.7 Å². The third kappa shape index (κ3) is 4.68. The molecule has 1 aromatic heterocycles. The molecular weight excluding hydrogens is 346 g/mol. The quantitative estimate of drug-likeness (QED) is 0.841. The molecule has 1 aliphatic rings. The van der Waals surface area contributed by atoms with Crippen LogP contribution >= 0.6 is 0 Å². The third-order valence-corrected chi connectivity index (χ3v) is 4.57. The van der Waals surface area contributed by atoms with Crippen LogP contribution in [-0.4, -0.2) is 45.5 Å². The number of fused-ring (bicyclic) bond motifs is 4. The first kappa shape index (κ1) is 19.0. The molecule has 2 aromatic rings. The lowest BCUT2D eigenvalue weighted by Gasteiger charge is -2.23. The van der Waals surface area contributed by atoms with Crippen molar-refractivity contribution in [2.75, 3.05) is 6.61 Å². The molecule has 0 aliphatic carbocycles. The van der Waals surface area contributed by atoms with Crippen molar-refractivity contribution in [3.8, 4) is 17.3 Å². The zero-order valence-electron chi connectivity index (χ0n) is 15.2. The van der Waals surface area contributed by atoms with E-state index in [1.807, 2.05) is 0 Å². The number of amides is 1. The number of ether oxygens (including phenoxy) is 1. The topological polar surface area (TPSA) is 101 Å². The number of nitrogens with one attached hydrogen (secondary N) is 1. The van der Waals surface area contributed by atoms with Crippen LogP contribution < -0.4 is 10.1 Å². The van der Waals surface area contributed by atoms with Crippen molar-refractivity contribution in [2.24, 2.45) is 0 Å². The van der Waals surface area contributed by atoms with Crippen molar-refractivity contribution in [2.45, 2.75) is 44.8 Å². The molecule has 1 aliphatic heterocycles. The van der Waals surface area contributed by atoms with Gasteiger partial charge in [-0.3, -0.25) is 9.59 Å². The summed E-state index contributed by atoms with van der Waals surface area (Å²) in [6, 6.07) is 8.03. The minimum atomic E-state index is -1.23. The van der Waals surface area contributed by atoms with Crippen LogP contribution in [0.3, 0.4) is 0 Å². The highest BCUT2D eigenvalue weighted by Gasteiger charge is 2.26. The van der Waals surface area contributed by atoms with Crippen molar-refractivity contribution < 1.29 is 19.4 Å².